The van der Waals surface area contributed by atoms with E-state index in [-0.39, 0.29) is 23.7 Å². The molecule has 36 heavy (non-hydrogen) atoms. The smallest absolute Gasteiger partial charge is 0.278 e. The Hall–Kier alpha value is -4.25. The van der Waals surface area contributed by atoms with E-state index >= 15 is 0 Å². The van der Waals surface area contributed by atoms with Gasteiger partial charge in [0.25, 0.3) is 11.1 Å². The van der Waals surface area contributed by atoms with Gasteiger partial charge in [0.15, 0.2) is 11.5 Å². The van der Waals surface area contributed by atoms with Crippen LogP contribution in [-0.2, 0) is 6.54 Å². The van der Waals surface area contributed by atoms with Gasteiger partial charge in [-0.2, -0.15) is 4.98 Å². The van der Waals surface area contributed by atoms with Crippen LogP contribution in [0.1, 0.15) is 19.9 Å². The van der Waals surface area contributed by atoms with E-state index in [1.807, 2.05) is 26.0 Å². The molecular weight excluding hydrogens is 458 g/mol. The lowest BCUT2D eigenvalue weighted by molar-refractivity contribution is 0.486. The molecular formula is C25H29N9O2. The number of rotatable bonds is 7. The third kappa shape index (κ3) is 4.40. The number of hydrogen-bond donors (Lipinski definition) is 2. The molecule has 2 N–H and O–H groups in total. The van der Waals surface area contributed by atoms with Crippen molar-refractivity contribution in [3.8, 4) is 5.82 Å². The van der Waals surface area contributed by atoms with Crippen molar-refractivity contribution >= 4 is 28.4 Å². The molecule has 3 aromatic heterocycles. The van der Waals surface area contributed by atoms with Crippen molar-refractivity contribution in [1.29, 1.82) is 0 Å². The summed E-state index contributed by atoms with van der Waals surface area (Å²) in [5.74, 6) is 0.754. The molecule has 0 saturated carbocycles. The molecule has 0 radical (unpaired) electrons. The molecule has 1 aliphatic rings. The molecule has 1 aromatic carbocycles. The molecule has 0 amide bonds. The number of allylic oxidation sites excluding steroid dienone is 1. The Morgan fingerprint density at radius 1 is 1.17 bits per heavy atom. The Morgan fingerprint density at radius 2 is 1.97 bits per heavy atom. The molecule has 186 valence electrons. The van der Waals surface area contributed by atoms with Crippen molar-refractivity contribution in [2.45, 2.75) is 26.4 Å². The number of hydrogen-bond acceptors (Lipinski definition) is 8. The maximum absolute atomic E-state index is 13.2. The molecule has 4 aromatic rings. The van der Waals surface area contributed by atoms with E-state index in [1.54, 1.807) is 16.8 Å². The van der Waals surface area contributed by atoms with Gasteiger partial charge in [-0.15, -0.1) is 11.7 Å². The Bertz CT molecular complexity index is 1530. The predicted octanol–water partition coefficient (Wildman–Crippen LogP) is 2.06. The van der Waals surface area contributed by atoms with Crippen LogP contribution in [0, 0.1) is 0 Å². The SMILES string of the molecule is C=CCn1c(=O)c2cnc(Nc3cccc(N4CCNCC4)c3)nc2n1-c1ccc(=O)n(C(C)C)n1. The van der Waals surface area contributed by atoms with Crippen LogP contribution < -0.4 is 26.7 Å². The summed E-state index contributed by atoms with van der Waals surface area (Å²) >= 11 is 0. The number of anilines is 3. The fourth-order valence-electron chi connectivity index (χ4n) is 4.34. The van der Waals surface area contributed by atoms with Gasteiger partial charge in [0.05, 0.1) is 12.6 Å². The molecule has 1 saturated heterocycles. The number of fused-ring (bicyclic) bond motifs is 1. The van der Waals surface area contributed by atoms with Crippen molar-refractivity contribution in [3.05, 3.63) is 76.0 Å². The number of nitrogens with zero attached hydrogens (tertiary/aromatic N) is 7. The van der Waals surface area contributed by atoms with Gasteiger partial charge in [0.2, 0.25) is 5.95 Å². The number of nitrogens with one attached hydrogen (secondary N) is 2. The quantitative estimate of drug-likeness (QED) is 0.381. The second kappa shape index (κ2) is 9.78. The molecule has 0 atom stereocenters. The zero-order chi connectivity index (χ0) is 25.2. The molecule has 0 aliphatic carbocycles. The van der Waals surface area contributed by atoms with Gasteiger partial charge >= 0.3 is 0 Å². The van der Waals surface area contributed by atoms with Crippen LogP contribution in [0.4, 0.5) is 17.3 Å². The van der Waals surface area contributed by atoms with Crippen LogP contribution in [0.25, 0.3) is 16.9 Å². The zero-order valence-electron chi connectivity index (χ0n) is 20.4. The van der Waals surface area contributed by atoms with E-state index in [2.05, 4.69) is 49.3 Å². The third-order valence-electron chi connectivity index (χ3n) is 6.08. The van der Waals surface area contributed by atoms with Gasteiger partial charge in [-0.3, -0.25) is 9.59 Å². The highest BCUT2D eigenvalue weighted by Gasteiger charge is 2.19. The van der Waals surface area contributed by atoms with Crippen LogP contribution >= 0.6 is 0 Å². The van der Waals surface area contributed by atoms with E-state index < -0.39 is 0 Å². The Morgan fingerprint density at radius 3 is 2.72 bits per heavy atom. The van der Waals surface area contributed by atoms with Crippen LogP contribution in [0.3, 0.4) is 0 Å². The van der Waals surface area contributed by atoms with Crippen LogP contribution in [0.15, 0.2) is 64.8 Å². The molecule has 0 spiro atoms. The predicted molar refractivity (Wildman–Crippen MR) is 141 cm³/mol. The van der Waals surface area contributed by atoms with Crippen molar-refractivity contribution in [3.63, 3.8) is 0 Å². The first-order valence-corrected chi connectivity index (χ1v) is 12.0. The first kappa shape index (κ1) is 23.5. The maximum Gasteiger partial charge on any atom is 0.278 e. The minimum Gasteiger partial charge on any atom is -0.369 e. The molecule has 11 nitrogen and oxygen atoms in total. The minimum atomic E-state index is -0.263. The Kier molecular flexibility index (Phi) is 6.38. The molecule has 1 fully saturated rings. The highest BCUT2D eigenvalue weighted by atomic mass is 16.1. The summed E-state index contributed by atoms with van der Waals surface area (Å²) in [5.41, 5.74) is 1.87. The third-order valence-corrected chi connectivity index (χ3v) is 6.08. The van der Waals surface area contributed by atoms with Crippen molar-refractivity contribution in [2.75, 3.05) is 36.4 Å². The van der Waals surface area contributed by atoms with Gasteiger partial charge in [-0.1, -0.05) is 12.1 Å². The lowest BCUT2D eigenvalue weighted by Crippen LogP contribution is -2.43. The highest BCUT2D eigenvalue weighted by molar-refractivity contribution is 5.77. The van der Waals surface area contributed by atoms with Crippen molar-refractivity contribution < 1.29 is 0 Å². The zero-order valence-corrected chi connectivity index (χ0v) is 20.4. The molecule has 1 aliphatic heterocycles. The average Bonchev–Trinajstić information content (AvgIpc) is 3.16. The number of benzene rings is 1. The Labute approximate surface area is 207 Å². The van der Waals surface area contributed by atoms with E-state index in [9.17, 15) is 9.59 Å². The standard InChI is InChI=1S/C25H29N9O2/c1-4-12-32-24(36)20-16-27-25(28-18-6-5-7-19(15-18)31-13-10-26-11-14-31)29-23(20)34(32)21-8-9-22(35)33(30-21)17(2)3/h4-9,15-17,26H,1,10-14H2,2-3H3,(H,27,28,29). The monoisotopic (exact) mass is 487 g/mol. The molecule has 0 bridgehead atoms. The summed E-state index contributed by atoms with van der Waals surface area (Å²) in [6, 6.07) is 11.0. The molecule has 4 heterocycles. The fraction of sp³-hybridized carbons (Fsp3) is 0.320. The normalized spacial score (nSPS) is 13.9. The molecule has 0 unspecified atom stereocenters. The summed E-state index contributed by atoms with van der Waals surface area (Å²) in [6.45, 7) is 11.6. The maximum atomic E-state index is 13.2. The average molecular weight is 488 g/mol. The summed E-state index contributed by atoms with van der Waals surface area (Å²) in [4.78, 5) is 36.9. The second-order valence-corrected chi connectivity index (χ2v) is 8.90. The first-order chi connectivity index (χ1) is 17.5. The topological polar surface area (TPSA) is 115 Å². The summed E-state index contributed by atoms with van der Waals surface area (Å²) in [5, 5.41) is 11.5. The molecule has 5 rings (SSSR count). The van der Waals surface area contributed by atoms with E-state index in [0.29, 0.717) is 22.8 Å². The van der Waals surface area contributed by atoms with Crippen molar-refractivity contribution in [1.82, 2.24) is 34.4 Å². The fourth-order valence-corrected chi connectivity index (χ4v) is 4.34. The van der Waals surface area contributed by atoms with E-state index in [0.717, 1.165) is 37.6 Å². The summed E-state index contributed by atoms with van der Waals surface area (Å²) < 4.78 is 4.48. The van der Waals surface area contributed by atoms with Crippen LogP contribution in [-0.4, -0.2) is 55.3 Å². The van der Waals surface area contributed by atoms with Gasteiger partial charge in [-0.05, 0) is 38.1 Å². The van der Waals surface area contributed by atoms with Crippen molar-refractivity contribution in [2.24, 2.45) is 0 Å². The minimum absolute atomic E-state index is 0.145. The largest absolute Gasteiger partial charge is 0.369 e. The first-order valence-electron chi connectivity index (χ1n) is 12.0. The lowest BCUT2D eigenvalue weighted by atomic mass is 10.2. The Balaban J connectivity index is 1.58. The van der Waals surface area contributed by atoms with E-state index in [4.69, 9.17) is 0 Å². The number of piperazine rings is 1. The number of aromatic nitrogens is 6. The van der Waals surface area contributed by atoms with Gasteiger partial charge in [-0.25, -0.2) is 19.0 Å². The van der Waals surface area contributed by atoms with E-state index in [1.165, 1.54) is 21.6 Å². The highest BCUT2D eigenvalue weighted by Crippen LogP contribution is 2.23. The van der Waals surface area contributed by atoms with Gasteiger partial charge in [0.1, 0.15) is 5.39 Å². The van der Waals surface area contributed by atoms with Crippen LogP contribution in [0.2, 0.25) is 0 Å². The lowest BCUT2D eigenvalue weighted by Gasteiger charge is -2.29. The van der Waals surface area contributed by atoms with Gasteiger partial charge < -0.3 is 15.5 Å². The summed E-state index contributed by atoms with van der Waals surface area (Å²) in [7, 11) is 0. The molecule has 11 heteroatoms. The van der Waals surface area contributed by atoms with Gasteiger partial charge in [0, 0.05) is 49.8 Å². The van der Waals surface area contributed by atoms with Crippen LogP contribution in [0.5, 0.6) is 0 Å². The second-order valence-electron chi connectivity index (χ2n) is 8.90. The summed E-state index contributed by atoms with van der Waals surface area (Å²) in [6.07, 6.45) is 3.14.